The topological polar surface area (TPSA) is 82.8 Å². The fraction of sp³-hybridized carbons (Fsp3) is 0.533. The van der Waals surface area contributed by atoms with Gasteiger partial charge in [-0.1, -0.05) is 0 Å². The van der Waals surface area contributed by atoms with Crippen molar-refractivity contribution in [1.82, 2.24) is 0 Å². The van der Waals surface area contributed by atoms with Crippen molar-refractivity contribution in [2.24, 2.45) is 0 Å². The predicted molar refractivity (Wildman–Crippen MR) is 78.6 cm³/mol. The van der Waals surface area contributed by atoms with Crippen molar-refractivity contribution in [1.29, 1.82) is 0 Å². The van der Waals surface area contributed by atoms with Crippen LogP contribution in [-0.2, 0) is 9.53 Å². The lowest BCUT2D eigenvalue weighted by atomic mass is 10.0. The van der Waals surface area contributed by atoms with E-state index in [0.29, 0.717) is 22.9 Å². The van der Waals surface area contributed by atoms with Crippen molar-refractivity contribution in [3.63, 3.8) is 0 Å². The minimum absolute atomic E-state index is 0.0155. The number of benzene rings is 1. The predicted octanol–water partition coefficient (Wildman–Crippen LogP) is 1.93. The third kappa shape index (κ3) is 3.05. The molecule has 0 radical (unpaired) electrons. The number of nitrogens with one attached hydrogen (secondary N) is 1. The Labute approximate surface area is 123 Å². The monoisotopic (exact) mass is 292 g/mol. The van der Waals surface area contributed by atoms with Crippen molar-refractivity contribution < 1.29 is 19.0 Å². The van der Waals surface area contributed by atoms with E-state index in [2.05, 4.69) is 5.32 Å². The van der Waals surface area contributed by atoms with Gasteiger partial charge >= 0.3 is 0 Å². The maximum atomic E-state index is 11.4. The number of carbonyl (C=O) groups is 1. The van der Waals surface area contributed by atoms with Crippen LogP contribution in [0.2, 0.25) is 0 Å². The number of hydrogen-bond donors (Lipinski definition) is 2. The van der Waals surface area contributed by atoms with Crippen LogP contribution in [0.3, 0.4) is 0 Å². The number of hydrogen-bond acceptors (Lipinski definition) is 5. The molecule has 0 bridgehead atoms. The molecule has 2 aliphatic heterocycles. The summed E-state index contributed by atoms with van der Waals surface area (Å²) in [5.41, 5.74) is 7.13. The summed E-state index contributed by atoms with van der Waals surface area (Å²) in [5, 5.41) is 2.76. The molecular formula is C15H20N2O4. The fourth-order valence-electron chi connectivity index (χ4n) is 2.84. The molecule has 6 heteroatoms. The summed E-state index contributed by atoms with van der Waals surface area (Å²) in [6, 6.07) is 3.42. The Balaban J connectivity index is 1.79. The van der Waals surface area contributed by atoms with Gasteiger partial charge in [0.25, 0.3) is 5.91 Å². The molecule has 1 aromatic carbocycles. The third-order valence-corrected chi connectivity index (χ3v) is 3.69. The van der Waals surface area contributed by atoms with E-state index < -0.39 is 0 Å². The molecule has 0 saturated carbocycles. The van der Waals surface area contributed by atoms with Gasteiger partial charge in [0.15, 0.2) is 6.61 Å². The maximum absolute atomic E-state index is 11.4. The summed E-state index contributed by atoms with van der Waals surface area (Å²) in [6.45, 7) is 4.09. The molecule has 1 aromatic rings. The third-order valence-electron chi connectivity index (χ3n) is 3.69. The van der Waals surface area contributed by atoms with Crippen LogP contribution < -0.4 is 20.5 Å². The first kappa shape index (κ1) is 14.0. The summed E-state index contributed by atoms with van der Waals surface area (Å²) < 4.78 is 17.0. The highest BCUT2D eigenvalue weighted by Gasteiger charge is 2.27. The summed E-state index contributed by atoms with van der Waals surface area (Å²) in [6.07, 6.45) is 2.04. The van der Waals surface area contributed by atoms with Gasteiger partial charge in [-0.3, -0.25) is 4.79 Å². The van der Waals surface area contributed by atoms with Crippen molar-refractivity contribution in [3.05, 3.63) is 12.1 Å². The van der Waals surface area contributed by atoms with Crippen LogP contribution >= 0.6 is 0 Å². The molecule has 21 heavy (non-hydrogen) atoms. The Kier molecular flexibility index (Phi) is 3.63. The molecule has 0 spiro atoms. The minimum Gasteiger partial charge on any atom is -0.488 e. The zero-order valence-electron chi connectivity index (χ0n) is 12.2. The summed E-state index contributed by atoms with van der Waals surface area (Å²) in [7, 11) is 0. The van der Waals surface area contributed by atoms with E-state index >= 15 is 0 Å². The molecule has 2 atom stereocenters. The second kappa shape index (κ2) is 5.44. The first-order valence-corrected chi connectivity index (χ1v) is 7.19. The van der Waals surface area contributed by atoms with Crippen LogP contribution in [0.5, 0.6) is 11.5 Å². The smallest absolute Gasteiger partial charge is 0.262 e. The second-order valence-corrected chi connectivity index (χ2v) is 5.69. The number of anilines is 2. The first-order chi connectivity index (χ1) is 10.0. The lowest BCUT2D eigenvalue weighted by molar-refractivity contribution is -0.118. The van der Waals surface area contributed by atoms with Gasteiger partial charge < -0.3 is 25.3 Å². The molecule has 0 aliphatic carbocycles. The van der Waals surface area contributed by atoms with Gasteiger partial charge in [0.2, 0.25) is 0 Å². The molecule has 1 saturated heterocycles. The number of carbonyl (C=O) groups excluding carboxylic acids is 1. The summed E-state index contributed by atoms with van der Waals surface area (Å²) >= 11 is 0. The molecule has 0 aromatic heterocycles. The molecule has 1 fully saturated rings. The second-order valence-electron chi connectivity index (χ2n) is 5.69. The van der Waals surface area contributed by atoms with Crippen LogP contribution in [0.25, 0.3) is 0 Å². The fourth-order valence-corrected chi connectivity index (χ4v) is 2.84. The molecule has 1 amide bonds. The molecule has 2 unspecified atom stereocenters. The normalized spacial score (nSPS) is 28.3. The molecule has 114 valence electrons. The van der Waals surface area contributed by atoms with Crippen molar-refractivity contribution in [2.45, 2.75) is 45.0 Å². The van der Waals surface area contributed by atoms with E-state index in [1.807, 2.05) is 13.8 Å². The van der Waals surface area contributed by atoms with Gasteiger partial charge in [-0.05, 0) is 13.8 Å². The molecule has 3 N–H and O–H groups in total. The summed E-state index contributed by atoms with van der Waals surface area (Å²) in [5.74, 6) is 0.977. The standard InChI is InChI=1S/C15H20N2O4/c1-8-3-10(4-9(2)20-8)21-13-6-12-14(5-11(13)16)19-7-15(18)17-12/h5-6,8-10H,3-4,7,16H2,1-2H3,(H,17,18). The molecule has 3 rings (SSSR count). The van der Waals surface area contributed by atoms with Crippen LogP contribution in [0.4, 0.5) is 11.4 Å². The van der Waals surface area contributed by atoms with Gasteiger partial charge in [-0.25, -0.2) is 0 Å². The van der Waals surface area contributed by atoms with E-state index in [1.54, 1.807) is 12.1 Å². The SMILES string of the molecule is CC1CC(Oc2cc3c(cc2N)OCC(=O)N3)CC(C)O1. The number of rotatable bonds is 2. The van der Waals surface area contributed by atoms with Gasteiger partial charge in [-0.15, -0.1) is 0 Å². The zero-order valence-corrected chi connectivity index (χ0v) is 12.2. The Morgan fingerprint density at radius 2 is 2.00 bits per heavy atom. The first-order valence-electron chi connectivity index (χ1n) is 7.19. The van der Waals surface area contributed by atoms with E-state index in [9.17, 15) is 4.79 Å². The Morgan fingerprint density at radius 1 is 1.29 bits per heavy atom. The molecule has 2 aliphatic rings. The van der Waals surface area contributed by atoms with E-state index in [0.717, 1.165) is 12.8 Å². The highest BCUT2D eigenvalue weighted by atomic mass is 16.5. The van der Waals surface area contributed by atoms with Gasteiger partial charge in [0.05, 0.1) is 23.6 Å². The van der Waals surface area contributed by atoms with Crippen LogP contribution in [0, 0.1) is 0 Å². The van der Waals surface area contributed by atoms with Crippen LogP contribution in [0.15, 0.2) is 12.1 Å². The van der Waals surface area contributed by atoms with Crippen LogP contribution in [-0.4, -0.2) is 30.8 Å². The summed E-state index contributed by atoms with van der Waals surface area (Å²) in [4.78, 5) is 11.4. The largest absolute Gasteiger partial charge is 0.488 e. The number of fused-ring (bicyclic) bond motifs is 1. The maximum Gasteiger partial charge on any atom is 0.262 e. The minimum atomic E-state index is -0.175. The van der Waals surface area contributed by atoms with Crippen molar-refractivity contribution in [3.8, 4) is 11.5 Å². The zero-order chi connectivity index (χ0) is 15.0. The average Bonchev–Trinajstić information content (AvgIpc) is 2.39. The van der Waals surface area contributed by atoms with E-state index in [1.165, 1.54) is 0 Å². The number of nitrogens with two attached hydrogens (primary N) is 1. The van der Waals surface area contributed by atoms with Crippen molar-refractivity contribution in [2.75, 3.05) is 17.7 Å². The highest BCUT2D eigenvalue weighted by molar-refractivity contribution is 5.96. The number of ether oxygens (including phenoxy) is 3. The Hall–Kier alpha value is -1.95. The van der Waals surface area contributed by atoms with Crippen LogP contribution in [0.1, 0.15) is 26.7 Å². The molecule has 2 heterocycles. The lowest BCUT2D eigenvalue weighted by Crippen LogP contribution is -2.35. The highest BCUT2D eigenvalue weighted by Crippen LogP contribution is 2.38. The van der Waals surface area contributed by atoms with Crippen molar-refractivity contribution >= 4 is 17.3 Å². The van der Waals surface area contributed by atoms with E-state index in [4.69, 9.17) is 19.9 Å². The number of nitrogen functional groups attached to an aromatic ring is 1. The van der Waals surface area contributed by atoms with Gasteiger partial charge in [0, 0.05) is 25.0 Å². The molecular weight excluding hydrogens is 272 g/mol. The average molecular weight is 292 g/mol. The Morgan fingerprint density at radius 3 is 2.71 bits per heavy atom. The van der Waals surface area contributed by atoms with E-state index in [-0.39, 0.29) is 30.8 Å². The van der Waals surface area contributed by atoms with Gasteiger partial charge in [0.1, 0.15) is 17.6 Å². The number of amides is 1. The quantitative estimate of drug-likeness (QED) is 0.814. The molecule has 6 nitrogen and oxygen atoms in total. The lowest BCUT2D eigenvalue weighted by Gasteiger charge is -2.32. The Bertz CT molecular complexity index is 551. The van der Waals surface area contributed by atoms with Gasteiger partial charge in [-0.2, -0.15) is 0 Å².